The molecule has 1 aliphatic heterocycles. The molecule has 1 aliphatic rings. The van der Waals surface area contributed by atoms with E-state index in [1.165, 1.54) is 0 Å². The topological polar surface area (TPSA) is 70.3 Å². The van der Waals surface area contributed by atoms with Gasteiger partial charge in [0, 0.05) is 18.9 Å². The molecule has 0 bridgehead atoms. The predicted molar refractivity (Wildman–Crippen MR) is 75.1 cm³/mol. The van der Waals surface area contributed by atoms with Crippen LogP contribution >= 0.6 is 0 Å². The second-order valence-corrected chi connectivity index (χ2v) is 5.62. The average Bonchev–Trinajstić information content (AvgIpc) is 2.56. The maximum absolute atomic E-state index is 5.96. The molecule has 5 nitrogen and oxygen atoms in total. The second kappa shape index (κ2) is 5.04. The molecule has 102 valence electrons. The Morgan fingerprint density at radius 2 is 1.74 bits per heavy atom. The van der Waals surface area contributed by atoms with Crippen LogP contribution < -0.4 is 5.73 Å². The largest absolute Gasteiger partial charge is 0.491 e. The first kappa shape index (κ1) is 14.2. The highest BCUT2D eigenvalue weighted by Crippen LogP contribution is 2.38. The van der Waals surface area contributed by atoms with Crippen LogP contribution in [0.2, 0.25) is 0 Å². The number of aromatic nitrogens is 2. The van der Waals surface area contributed by atoms with Gasteiger partial charge in [-0.15, -0.1) is 0 Å². The molecule has 0 amide bonds. The van der Waals surface area contributed by atoms with Crippen molar-refractivity contribution < 1.29 is 9.31 Å². The van der Waals surface area contributed by atoms with E-state index in [2.05, 4.69) is 9.97 Å². The summed E-state index contributed by atoms with van der Waals surface area (Å²) in [5, 5.41) is 0. The molecule has 6 heteroatoms. The van der Waals surface area contributed by atoms with Crippen LogP contribution in [0.5, 0.6) is 0 Å². The van der Waals surface area contributed by atoms with E-state index in [0.717, 1.165) is 5.47 Å². The van der Waals surface area contributed by atoms with Gasteiger partial charge < -0.3 is 15.0 Å². The third-order valence-corrected chi connectivity index (χ3v) is 3.69. The number of hydrogen-bond donors (Lipinski definition) is 1. The van der Waals surface area contributed by atoms with Gasteiger partial charge in [0.2, 0.25) is 0 Å². The summed E-state index contributed by atoms with van der Waals surface area (Å²) >= 11 is 0. The molecule has 0 unspecified atom stereocenters. The Morgan fingerprint density at radius 3 is 2.21 bits per heavy atom. The van der Waals surface area contributed by atoms with Crippen molar-refractivity contribution in [2.45, 2.75) is 38.9 Å². The molecular formula is C13H20BN3O2. The van der Waals surface area contributed by atoms with Crippen molar-refractivity contribution in [2.75, 3.05) is 6.54 Å². The van der Waals surface area contributed by atoms with Crippen molar-refractivity contribution in [1.82, 2.24) is 9.97 Å². The summed E-state index contributed by atoms with van der Waals surface area (Å²) in [7, 11) is -0.446. The van der Waals surface area contributed by atoms with Crippen LogP contribution in [0, 0.1) is 0 Å². The number of hydrogen-bond acceptors (Lipinski definition) is 5. The van der Waals surface area contributed by atoms with Crippen molar-refractivity contribution in [2.24, 2.45) is 5.73 Å². The van der Waals surface area contributed by atoms with Gasteiger partial charge in [-0.25, -0.2) is 9.97 Å². The lowest BCUT2D eigenvalue weighted by Gasteiger charge is -2.32. The summed E-state index contributed by atoms with van der Waals surface area (Å²) in [5.74, 6) is 0.609. The van der Waals surface area contributed by atoms with E-state index in [4.69, 9.17) is 15.0 Å². The van der Waals surface area contributed by atoms with E-state index in [1.54, 1.807) is 18.5 Å². The minimum atomic E-state index is -0.446. The summed E-state index contributed by atoms with van der Waals surface area (Å²) in [6.07, 6.45) is 5.20. The SMILES string of the molecule is CC1(C)OB(C(=Cc2ncccn2)CN)OC1(C)C. The van der Waals surface area contributed by atoms with Gasteiger partial charge in [-0.05, 0) is 45.3 Å². The van der Waals surface area contributed by atoms with Crippen molar-refractivity contribution >= 4 is 13.2 Å². The van der Waals surface area contributed by atoms with Gasteiger partial charge in [0.1, 0.15) is 0 Å². The Hall–Kier alpha value is -1.24. The first-order chi connectivity index (χ1) is 8.86. The van der Waals surface area contributed by atoms with Gasteiger partial charge in [0.15, 0.2) is 5.82 Å². The third kappa shape index (κ3) is 2.86. The molecule has 1 aromatic rings. The standard InChI is InChI=1S/C13H20BN3O2/c1-12(2)13(3,4)19-14(18-12)10(9-15)8-11-16-6-5-7-17-11/h5-8H,9,15H2,1-4H3. The highest BCUT2D eigenvalue weighted by Gasteiger charge is 2.52. The normalized spacial score (nSPS) is 21.7. The van der Waals surface area contributed by atoms with E-state index < -0.39 is 7.12 Å². The van der Waals surface area contributed by atoms with Crippen molar-refractivity contribution in [3.63, 3.8) is 0 Å². The number of nitrogens with two attached hydrogens (primary N) is 1. The zero-order valence-electron chi connectivity index (χ0n) is 11.9. The van der Waals surface area contributed by atoms with Gasteiger partial charge in [0.25, 0.3) is 0 Å². The lowest BCUT2D eigenvalue weighted by Crippen LogP contribution is -2.41. The lowest BCUT2D eigenvalue weighted by atomic mass is 9.78. The second-order valence-electron chi connectivity index (χ2n) is 5.62. The summed E-state index contributed by atoms with van der Waals surface area (Å²) in [4.78, 5) is 8.31. The first-order valence-electron chi connectivity index (χ1n) is 6.39. The van der Waals surface area contributed by atoms with Gasteiger partial charge >= 0.3 is 7.12 Å². The van der Waals surface area contributed by atoms with Crippen molar-refractivity contribution in [3.05, 3.63) is 29.8 Å². The van der Waals surface area contributed by atoms with Crippen LogP contribution in [0.25, 0.3) is 6.08 Å². The van der Waals surface area contributed by atoms with Crippen LogP contribution in [0.15, 0.2) is 23.9 Å². The predicted octanol–water partition coefficient (Wildman–Crippen LogP) is 1.45. The van der Waals surface area contributed by atoms with Crippen molar-refractivity contribution in [1.29, 1.82) is 0 Å². The van der Waals surface area contributed by atoms with Crippen LogP contribution in [-0.2, 0) is 9.31 Å². The molecule has 2 N–H and O–H groups in total. The molecule has 1 aromatic heterocycles. The highest BCUT2D eigenvalue weighted by atomic mass is 16.7. The van der Waals surface area contributed by atoms with E-state index in [9.17, 15) is 0 Å². The molecule has 2 heterocycles. The molecule has 0 aliphatic carbocycles. The number of rotatable bonds is 3. The Morgan fingerprint density at radius 1 is 1.21 bits per heavy atom. The fourth-order valence-electron chi connectivity index (χ4n) is 1.77. The molecule has 0 atom stereocenters. The summed E-state index contributed by atoms with van der Waals surface area (Å²) in [5.41, 5.74) is 5.89. The van der Waals surface area contributed by atoms with Gasteiger partial charge in [-0.3, -0.25) is 0 Å². The van der Waals surface area contributed by atoms with E-state index in [0.29, 0.717) is 12.4 Å². The van der Waals surface area contributed by atoms with Gasteiger partial charge in [-0.1, -0.05) is 0 Å². The summed E-state index contributed by atoms with van der Waals surface area (Å²) in [6, 6.07) is 1.77. The van der Waals surface area contributed by atoms with Crippen LogP contribution in [0.1, 0.15) is 33.5 Å². The first-order valence-corrected chi connectivity index (χ1v) is 6.39. The Balaban J connectivity index is 2.23. The van der Waals surface area contributed by atoms with E-state index in [1.807, 2.05) is 33.8 Å². The quantitative estimate of drug-likeness (QED) is 0.834. The third-order valence-electron chi connectivity index (χ3n) is 3.69. The van der Waals surface area contributed by atoms with E-state index in [-0.39, 0.29) is 11.2 Å². The lowest BCUT2D eigenvalue weighted by molar-refractivity contribution is 0.00578. The Labute approximate surface area is 114 Å². The monoisotopic (exact) mass is 261 g/mol. The zero-order valence-corrected chi connectivity index (χ0v) is 11.9. The van der Waals surface area contributed by atoms with E-state index >= 15 is 0 Å². The molecule has 0 saturated carbocycles. The summed E-state index contributed by atoms with van der Waals surface area (Å²) in [6.45, 7) is 8.40. The molecular weight excluding hydrogens is 241 g/mol. The van der Waals surface area contributed by atoms with Crippen LogP contribution in [-0.4, -0.2) is 34.8 Å². The maximum Gasteiger partial charge on any atom is 0.491 e. The Kier molecular flexibility index (Phi) is 3.76. The highest BCUT2D eigenvalue weighted by molar-refractivity contribution is 6.55. The fourth-order valence-corrected chi connectivity index (χ4v) is 1.77. The Bertz CT molecular complexity index is 458. The van der Waals surface area contributed by atoms with Crippen LogP contribution in [0.3, 0.4) is 0 Å². The van der Waals surface area contributed by atoms with Gasteiger partial charge in [0.05, 0.1) is 11.2 Å². The summed E-state index contributed by atoms with van der Waals surface area (Å²) < 4.78 is 11.9. The fraction of sp³-hybridized carbons (Fsp3) is 0.538. The molecule has 0 aromatic carbocycles. The van der Waals surface area contributed by atoms with Crippen molar-refractivity contribution in [3.8, 4) is 0 Å². The average molecular weight is 261 g/mol. The minimum Gasteiger partial charge on any atom is -0.400 e. The minimum absolute atomic E-state index is 0.342. The maximum atomic E-state index is 5.96. The molecule has 0 spiro atoms. The number of nitrogens with zero attached hydrogens (tertiary/aromatic N) is 2. The van der Waals surface area contributed by atoms with Gasteiger partial charge in [-0.2, -0.15) is 0 Å². The molecule has 19 heavy (non-hydrogen) atoms. The zero-order chi connectivity index (χ0) is 14.1. The van der Waals surface area contributed by atoms with Crippen LogP contribution in [0.4, 0.5) is 0 Å². The molecule has 2 rings (SSSR count). The smallest absolute Gasteiger partial charge is 0.400 e. The molecule has 0 radical (unpaired) electrons. The molecule has 1 fully saturated rings. The molecule has 1 saturated heterocycles.